The Morgan fingerprint density at radius 2 is 1.82 bits per heavy atom. The third-order valence-corrected chi connectivity index (χ3v) is 5.67. The number of pyridine rings is 1. The topological polar surface area (TPSA) is 114 Å². The van der Waals surface area contributed by atoms with E-state index in [-0.39, 0.29) is 36.7 Å². The summed E-state index contributed by atoms with van der Waals surface area (Å²) in [6.45, 7) is 3.90. The van der Waals surface area contributed by atoms with Gasteiger partial charge in [-0.05, 0) is 50.2 Å². The van der Waals surface area contributed by atoms with E-state index in [2.05, 4.69) is 20.6 Å². The van der Waals surface area contributed by atoms with E-state index < -0.39 is 0 Å². The maximum atomic E-state index is 12.9. The molecule has 0 aliphatic carbocycles. The van der Waals surface area contributed by atoms with Gasteiger partial charge in [-0.25, -0.2) is 4.98 Å². The lowest BCUT2D eigenvalue weighted by molar-refractivity contribution is -0.120. The highest BCUT2D eigenvalue weighted by atomic mass is 32.1. The Hall–Kier alpha value is -3.79. The summed E-state index contributed by atoms with van der Waals surface area (Å²) in [5.41, 5.74) is 1.78. The first kappa shape index (κ1) is 24.8. The predicted octanol–water partition coefficient (Wildman–Crippen LogP) is 2.89. The van der Waals surface area contributed by atoms with Crippen molar-refractivity contribution < 1.29 is 19.1 Å². The molecule has 0 fully saturated rings. The number of methoxy groups -OCH3 is 1. The van der Waals surface area contributed by atoms with Crippen LogP contribution >= 0.6 is 11.3 Å². The molecule has 2 aromatic heterocycles. The van der Waals surface area contributed by atoms with Gasteiger partial charge in [-0.15, -0.1) is 11.3 Å². The smallest absolute Gasteiger partial charge is 0.254 e. The number of benzene rings is 1. The van der Waals surface area contributed by atoms with Crippen LogP contribution in [0.15, 0.2) is 54.0 Å². The van der Waals surface area contributed by atoms with Gasteiger partial charge >= 0.3 is 0 Å². The average molecular weight is 482 g/mol. The summed E-state index contributed by atoms with van der Waals surface area (Å²) < 4.78 is 5.12. The predicted molar refractivity (Wildman–Crippen MR) is 130 cm³/mol. The third kappa shape index (κ3) is 7.11. The minimum Gasteiger partial charge on any atom is -0.497 e. The van der Waals surface area contributed by atoms with Crippen LogP contribution in [-0.2, 0) is 22.6 Å². The van der Waals surface area contributed by atoms with Gasteiger partial charge in [0.25, 0.3) is 5.91 Å². The van der Waals surface area contributed by atoms with Crippen LogP contribution in [0.3, 0.4) is 0 Å². The fraction of sp³-hybridized carbons (Fsp3) is 0.292. The number of anilines is 1. The Balaban J connectivity index is 1.53. The highest BCUT2D eigenvalue weighted by Gasteiger charge is 2.22. The Morgan fingerprint density at radius 1 is 1.06 bits per heavy atom. The van der Waals surface area contributed by atoms with Gasteiger partial charge in [0, 0.05) is 23.2 Å². The van der Waals surface area contributed by atoms with E-state index in [1.165, 1.54) is 16.2 Å². The molecule has 10 heteroatoms. The van der Waals surface area contributed by atoms with E-state index in [9.17, 15) is 14.4 Å². The van der Waals surface area contributed by atoms with Crippen molar-refractivity contribution >= 4 is 34.2 Å². The molecule has 2 N–H and O–H groups in total. The summed E-state index contributed by atoms with van der Waals surface area (Å²) in [5.74, 6) is -0.159. The number of hydrogen-bond acceptors (Lipinski definition) is 7. The third-order valence-electron chi connectivity index (χ3n) is 4.87. The minimum absolute atomic E-state index is 0.0906. The summed E-state index contributed by atoms with van der Waals surface area (Å²) in [7, 11) is 1.56. The number of hydrogen-bond donors (Lipinski definition) is 2. The SMILES string of the molecule is COc1ccc(C(=O)N(CC(=O)Nc2nc(CC(=O)NCc3ccccn3)cs2)C(C)C)cc1. The molecule has 0 aliphatic rings. The molecule has 34 heavy (non-hydrogen) atoms. The number of carbonyl (C=O) groups excluding carboxylic acids is 3. The van der Waals surface area contributed by atoms with Gasteiger partial charge < -0.3 is 20.3 Å². The molecule has 0 bridgehead atoms. The molecule has 3 rings (SSSR count). The van der Waals surface area contributed by atoms with Gasteiger partial charge in [-0.3, -0.25) is 19.4 Å². The van der Waals surface area contributed by atoms with Crippen LogP contribution in [0.25, 0.3) is 0 Å². The molecule has 0 atom stereocenters. The highest BCUT2D eigenvalue weighted by Crippen LogP contribution is 2.17. The van der Waals surface area contributed by atoms with Crippen LogP contribution in [-0.4, -0.2) is 52.3 Å². The van der Waals surface area contributed by atoms with Crippen LogP contribution in [0, 0.1) is 0 Å². The van der Waals surface area contributed by atoms with Gasteiger partial charge in [0.15, 0.2) is 5.13 Å². The monoisotopic (exact) mass is 481 g/mol. The van der Waals surface area contributed by atoms with E-state index in [1.807, 2.05) is 32.0 Å². The van der Waals surface area contributed by atoms with E-state index in [4.69, 9.17) is 4.74 Å². The van der Waals surface area contributed by atoms with Crippen LogP contribution in [0.2, 0.25) is 0 Å². The first-order valence-corrected chi connectivity index (χ1v) is 11.6. The van der Waals surface area contributed by atoms with E-state index in [0.29, 0.717) is 28.7 Å². The Kier molecular flexibility index (Phi) is 8.69. The number of ether oxygens (including phenoxy) is 1. The molecule has 178 valence electrons. The Bertz CT molecular complexity index is 1120. The average Bonchev–Trinajstić information content (AvgIpc) is 3.27. The number of thiazole rings is 1. The second-order valence-corrected chi connectivity index (χ2v) is 8.58. The fourth-order valence-corrected chi connectivity index (χ4v) is 3.79. The van der Waals surface area contributed by atoms with Crippen molar-refractivity contribution in [1.82, 2.24) is 20.2 Å². The standard InChI is InChI=1S/C24H27N5O4S/c1-16(2)29(23(32)17-7-9-20(33-3)10-8-17)14-22(31)28-24-27-19(15-34-24)12-21(30)26-13-18-6-4-5-11-25-18/h4-11,15-16H,12-14H2,1-3H3,(H,26,30)(H,27,28,31). The van der Waals surface area contributed by atoms with Crippen molar-refractivity contribution in [2.45, 2.75) is 32.9 Å². The molecule has 0 radical (unpaired) electrons. The van der Waals surface area contributed by atoms with Crippen LogP contribution in [0.4, 0.5) is 5.13 Å². The van der Waals surface area contributed by atoms with Crippen molar-refractivity contribution in [2.75, 3.05) is 19.0 Å². The molecular weight excluding hydrogens is 454 g/mol. The zero-order valence-corrected chi connectivity index (χ0v) is 20.1. The van der Waals surface area contributed by atoms with Gasteiger partial charge in [-0.1, -0.05) is 6.07 Å². The fourth-order valence-electron chi connectivity index (χ4n) is 3.07. The summed E-state index contributed by atoms with van der Waals surface area (Å²) in [6, 6.07) is 12.1. The largest absolute Gasteiger partial charge is 0.497 e. The van der Waals surface area contributed by atoms with Gasteiger partial charge in [0.1, 0.15) is 12.3 Å². The van der Waals surface area contributed by atoms with Crippen molar-refractivity contribution in [1.29, 1.82) is 0 Å². The van der Waals surface area contributed by atoms with Crippen molar-refractivity contribution in [2.24, 2.45) is 0 Å². The quantitative estimate of drug-likeness (QED) is 0.460. The summed E-state index contributed by atoms with van der Waals surface area (Å²) in [4.78, 5) is 47.6. The Morgan fingerprint density at radius 3 is 2.47 bits per heavy atom. The maximum Gasteiger partial charge on any atom is 0.254 e. The molecule has 0 saturated heterocycles. The van der Waals surface area contributed by atoms with Crippen LogP contribution in [0.1, 0.15) is 35.6 Å². The zero-order valence-electron chi connectivity index (χ0n) is 19.3. The van der Waals surface area contributed by atoms with Crippen molar-refractivity contribution in [3.63, 3.8) is 0 Å². The molecule has 3 aromatic rings. The summed E-state index contributed by atoms with van der Waals surface area (Å²) >= 11 is 1.23. The van der Waals surface area contributed by atoms with E-state index >= 15 is 0 Å². The van der Waals surface area contributed by atoms with E-state index in [1.54, 1.807) is 43.0 Å². The lowest BCUT2D eigenvalue weighted by atomic mass is 10.1. The molecular formula is C24H27N5O4S. The second-order valence-electron chi connectivity index (χ2n) is 7.72. The number of carbonyl (C=O) groups is 3. The zero-order chi connectivity index (χ0) is 24.5. The Labute approximate surface area is 202 Å². The lowest BCUT2D eigenvalue weighted by Crippen LogP contribution is -2.42. The number of nitrogens with zero attached hydrogens (tertiary/aromatic N) is 3. The molecule has 0 aliphatic heterocycles. The molecule has 0 unspecified atom stereocenters. The number of nitrogens with one attached hydrogen (secondary N) is 2. The molecule has 9 nitrogen and oxygen atoms in total. The van der Waals surface area contributed by atoms with Crippen molar-refractivity contribution in [3.05, 3.63) is 71.0 Å². The molecule has 3 amide bonds. The highest BCUT2D eigenvalue weighted by molar-refractivity contribution is 7.13. The lowest BCUT2D eigenvalue weighted by Gasteiger charge is -2.26. The first-order valence-electron chi connectivity index (χ1n) is 10.7. The second kappa shape index (κ2) is 11.9. The van der Waals surface area contributed by atoms with Gasteiger partial charge in [0.05, 0.1) is 31.5 Å². The molecule has 0 saturated carbocycles. The molecule has 2 heterocycles. The van der Waals surface area contributed by atoms with Crippen LogP contribution in [0.5, 0.6) is 5.75 Å². The summed E-state index contributed by atoms with van der Waals surface area (Å²) in [5, 5.41) is 7.61. The van der Waals surface area contributed by atoms with Gasteiger partial charge in [-0.2, -0.15) is 0 Å². The summed E-state index contributed by atoms with van der Waals surface area (Å²) in [6.07, 6.45) is 1.76. The number of aromatic nitrogens is 2. The maximum absolute atomic E-state index is 12.9. The number of amides is 3. The van der Waals surface area contributed by atoms with E-state index in [0.717, 1.165) is 5.69 Å². The first-order chi connectivity index (χ1) is 16.4. The van der Waals surface area contributed by atoms with Gasteiger partial charge in [0.2, 0.25) is 11.8 Å². The normalized spacial score (nSPS) is 10.6. The van der Waals surface area contributed by atoms with Crippen molar-refractivity contribution in [3.8, 4) is 5.75 Å². The van der Waals surface area contributed by atoms with Crippen LogP contribution < -0.4 is 15.4 Å². The minimum atomic E-state index is -0.365. The molecule has 0 spiro atoms. The molecule has 1 aromatic carbocycles. The number of rotatable bonds is 10.